The third-order valence-electron chi connectivity index (χ3n) is 3.59. The third kappa shape index (κ3) is 2.20. The lowest BCUT2D eigenvalue weighted by Gasteiger charge is -2.21. The highest BCUT2D eigenvalue weighted by Gasteiger charge is 2.37. The molecule has 0 unspecified atom stereocenters. The molecule has 0 amide bonds. The van der Waals surface area contributed by atoms with Gasteiger partial charge >= 0.3 is 0 Å². The molecule has 1 N–H and O–H groups in total. The molecule has 3 nitrogen and oxygen atoms in total. The maximum atomic E-state index is 5.77. The van der Waals surface area contributed by atoms with Crippen molar-refractivity contribution in [2.75, 3.05) is 0 Å². The number of aliphatic imine (C=N–C) groups is 1. The van der Waals surface area contributed by atoms with E-state index in [9.17, 15) is 0 Å². The van der Waals surface area contributed by atoms with E-state index in [0.29, 0.717) is 0 Å². The van der Waals surface area contributed by atoms with Crippen LogP contribution in [0.5, 0.6) is 0 Å². The zero-order chi connectivity index (χ0) is 11.6. The molecule has 0 bridgehead atoms. The van der Waals surface area contributed by atoms with E-state index in [0.717, 1.165) is 24.2 Å². The molecule has 0 radical (unpaired) electrons. The van der Waals surface area contributed by atoms with Crippen molar-refractivity contribution in [3.05, 3.63) is 35.9 Å². The molecule has 1 fully saturated rings. The Labute approximate surface area is 102 Å². The second kappa shape index (κ2) is 4.49. The number of nitrogens with one attached hydrogen (secondary N) is 1. The number of hydroxylamine groups is 1. The van der Waals surface area contributed by atoms with Crippen LogP contribution in [0.4, 0.5) is 0 Å². The summed E-state index contributed by atoms with van der Waals surface area (Å²) in [5, 5.41) is 0. The summed E-state index contributed by atoms with van der Waals surface area (Å²) in [6.07, 6.45) is 7.12. The van der Waals surface area contributed by atoms with Crippen LogP contribution in [0.1, 0.15) is 44.1 Å². The van der Waals surface area contributed by atoms with Crippen LogP contribution in [-0.2, 0) is 4.84 Å². The van der Waals surface area contributed by atoms with Crippen LogP contribution in [-0.4, -0.2) is 11.6 Å². The highest BCUT2D eigenvalue weighted by molar-refractivity contribution is 5.99. The first-order valence-electron chi connectivity index (χ1n) is 6.47. The molecular formula is C14H18N2O. The van der Waals surface area contributed by atoms with Gasteiger partial charge in [0.1, 0.15) is 0 Å². The molecular weight excluding hydrogens is 212 g/mol. The lowest BCUT2D eigenvalue weighted by Crippen LogP contribution is -2.29. The highest BCUT2D eigenvalue weighted by atomic mass is 16.7. The molecule has 0 atom stereocenters. The highest BCUT2D eigenvalue weighted by Crippen LogP contribution is 2.34. The van der Waals surface area contributed by atoms with Crippen LogP contribution < -0.4 is 5.48 Å². The monoisotopic (exact) mass is 230 g/mol. The molecule has 3 heteroatoms. The molecule has 1 spiro atoms. The van der Waals surface area contributed by atoms with E-state index in [4.69, 9.17) is 9.83 Å². The molecule has 17 heavy (non-hydrogen) atoms. The van der Waals surface area contributed by atoms with Crippen molar-refractivity contribution < 1.29 is 4.84 Å². The summed E-state index contributed by atoms with van der Waals surface area (Å²) in [5.41, 5.74) is 3.83. The number of amidine groups is 1. The van der Waals surface area contributed by atoms with Crippen LogP contribution in [0.25, 0.3) is 0 Å². The molecule has 1 aliphatic heterocycles. The van der Waals surface area contributed by atoms with Crippen molar-refractivity contribution in [3.8, 4) is 0 Å². The fourth-order valence-electron chi connectivity index (χ4n) is 2.61. The van der Waals surface area contributed by atoms with E-state index in [1.165, 1.54) is 25.7 Å². The van der Waals surface area contributed by atoms with E-state index in [-0.39, 0.29) is 5.72 Å². The lowest BCUT2D eigenvalue weighted by atomic mass is 10.1. The summed E-state index contributed by atoms with van der Waals surface area (Å²) in [5.74, 6) is 0.882. The first kappa shape index (κ1) is 10.8. The number of rotatable bonds is 1. The topological polar surface area (TPSA) is 33.6 Å². The Morgan fingerprint density at radius 2 is 1.71 bits per heavy atom. The Bertz CT molecular complexity index is 405. The summed E-state index contributed by atoms with van der Waals surface area (Å²) >= 11 is 0. The van der Waals surface area contributed by atoms with Gasteiger partial charge in [0.05, 0.1) is 0 Å². The van der Waals surface area contributed by atoms with Crippen LogP contribution in [0.2, 0.25) is 0 Å². The first-order chi connectivity index (χ1) is 8.38. The van der Waals surface area contributed by atoms with Gasteiger partial charge in [-0.1, -0.05) is 43.2 Å². The summed E-state index contributed by atoms with van der Waals surface area (Å²) in [7, 11) is 0. The average molecular weight is 230 g/mol. The van der Waals surface area contributed by atoms with E-state index < -0.39 is 0 Å². The number of hydrogen-bond acceptors (Lipinski definition) is 3. The van der Waals surface area contributed by atoms with Gasteiger partial charge in [0.25, 0.3) is 0 Å². The largest absolute Gasteiger partial charge is 0.246 e. The number of benzene rings is 1. The third-order valence-corrected chi connectivity index (χ3v) is 3.59. The molecule has 0 aromatic heterocycles. The van der Waals surface area contributed by atoms with Gasteiger partial charge < -0.3 is 0 Å². The minimum absolute atomic E-state index is 0.290. The van der Waals surface area contributed by atoms with Gasteiger partial charge in [0.2, 0.25) is 0 Å². The molecule has 3 rings (SSSR count). The molecule has 1 saturated carbocycles. The van der Waals surface area contributed by atoms with E-state index in [1.54, 1.807) is 0 Å². The Balaban J connectivity index is 1.84. The van der Waals surface area contributed by atoms with E-state index in [1.807, 2.05) is 18.2 Å². The summed E-state index contributed by atoms with van der Waals surface area (Å²) in [6.45, 7) is 0. The Kier molecular flexibility index (Phi) is 2.85. The predicted octanol–water partition coefficient (Wildman–Crippen LogP) is 3.02. The standard InChI is InChI=1S/C14H18N2O/c1-2-7-11-14(10-6-1)15-13(16-17-14)12-8-4-3-5-9-12/h3-5,8-9H,1-2,6-7,10-11H2,(H,15,16). The molecule has 1 aliphatic carbocycles. The fraction of sp³-hybridized carbons (Fsp3) is 0.500. The Morgan fingerprint density at radius 1 is 1.00 bits per heavy atom. The zero-order valence-corrected chi connectivity index (χ0v) is 9.98. The van der Waals surface area contributed by atoms with Gasteiger partial charge in [0.15, 0.2) is 11.6 Å². The van der Waals surface area contributed by atoms with Crippen LogP contribution in [0.15, 0.2) is 35.3 Å². The molecule has 1 aromatic carbocycles. The molecule has 90 valence electrons. The minimum Gasteiger partial charge on any atom is -0.246 e. The number of hydrogen-bond donors (Lipinski definition) is 1. The first-order valence-corrected chi connectivity index (χ1v) is 6.47. The molecule has 2 aliphatic rings. The van der Waals surface area contributed by atoms with E-state index in [2.05, 4.69) is 17.6 Å². The quantitative estimate of drug-likeness (QED) is 0.804. The van der Waals surface area contributed by atoms with Crippen molar-refractivity contribution in [3.63, 3.8) is 0 Å². The number of nitrogens with zero attached hydrogens (tertiary/aromatic N) is 1. The summed E-state index contributed by atoms with van der Waals surface area (Å²) < 4.78 is 0. The maximum Gasteiger partial charge on any atom is 0.187 e. The van der Waals surface area contributed by atoms with Crippen LogP contribution >= 0.6 is 0 Å². The Hall–Kier alpha value is -1.35. The van der Waals surface area contributed by atoms with Gasteiger partial charge in [-0.25, -0.2) is 15.3 Å². The van der Waals surface area contributed by atoms with Crippen LogP contribution in [0.3, 0.4) is 0 Å². The smallest absolute Gasteiger partial charge is 0.187 e. The maximum absolute atomic E-state index is 5.77. The van der Waals surface area contributed by atoms with Gasteiger partial charge in [-0.2, -0.15) is 0 Å². The van der Waals surface area contributed by atoms with Crippen molar-refractivity contribution in [2.24, 2.45) is 4.99 Å². The minimum atomic E-state index is -0.290. The molecule has 1 aromatic rings. The SMILES string of the molecule is c1ccc(C2=NC3(CCCCCC3)ON2)cc1. The normalized spacial score (nSPS) is 22.9. The van der Waals surface area contributed by atoms with Crippen molar-refractivity contribution in [2.45, 2.75) is 44.2 Å². The second-order valence-corrected chi connectivity index (χ2v) is 4.89. The average Bonchev–Trinajstić information content (AvgIpc) is 2.65. The van der Waals surface area contributed by atoms with Crippen molar-refractivity contribution in [1.82, 2.24) is 5.48 Å². The van der Waals surface area contributed by atoms with Gasteiger partial charge in [-0.3, -0.25) is 0 Å². The van der Waals surface area contributed by atoms with Gasteiger partial charge in [-0.15, -0.1) is 0 Å². The van der Waals surface area contributed by atoms with Crippen molar-refractivity contribution >= 4 is 5.84 Å². The molecule has 0 saturated heterocycles. The second-order valence-electron chi connectivity index (χ2n) is 4.89. The lowest BCUT2D eigenvalue weighted by molar-refractivity contribution is -0.0635. The predicted molar refractivity (Wildman–Crippen MR) is 67.6 cm³/mol. The molecule has 1 heterocycles. The van der Waals surface area contributed by atoms with Gasteiger partial charge in [-0.05, 0) is 25.7 Å². The van der Waals surface area contributed by atoms with Crippen LogP contribution in [0, 0.1) is 0 Å². The summed E-state index contributed by atoms with van der Waals surface area (Å²) in [6, 6.07) is 10.2. The van der Waals surface area contributed by atoms with Gasteiger partial charge in [0, 0.05) is 5.56 Å². The van der Waals surface area contributed by atoms with Crippen molar-refractivity contribution in [1.29, 1.82) is 0 Å². The van der Waals surface area contributed by atoms with E-state index >= 15 is 0 Å². The summed E-state index contributed by atoms with van der Waals surface area (Å²) in [4.78, 5) is 10.6. The zero-order valence-electron chi connectivity index (χ0n) is 9.98. The fourth-order valence-corrected chi connectivity index (χ4v) is 2.61. The Morgan fingerprint density at radius 3 is 2.41 bits per heavy atom.